The topological polar surface area (TPSA) is 66.9 Å². The molecule has 1 amide bonds. The van der Waals surface area contributed by atoms with Gasteiger partial charge in [0.1, 0.15) is 5.60 Å². The Morgan fingerprint density at radius 1 is 1.11 bits per heavy atom. The summed E-state index contributed by atoms with van der Waals surface area (Å²) in [5, 5.41) is -0.430. The SMILES string of the molecule is CC(C)S(=O)(=O)N1CCN(C(=O)OC(C)(C)C)CC1. The van der Waals surface area contributed by atoms with E-state index in [4.69, 9.17) is 4.74 Å². The van der Waals surface area contributed by atoms with Crippen molar-refractivity contribution in [2.75, 3.05) is 26.2 Å². The number of hydrogen-bond acceptors (Lipinski definition) is 4. The van der Waals surface area contributed by atoms with Crippen LogP contribution in [0.1, 0.15) is 34.6 Å². The smallest absolute Gasteiger partial charge is 0.410 e. The van der Waals surface area contributed by atoms with Gasteiger partial charge in [0.2, 0.25) is 10.0 Å². The zero-order valence-electron chi connectivity index (χ0n) is 12.3. The van der Waals surface area contributed by atoms with Crippen molar-refractivity contribution < 1.29 is 17.9 Å². The quantitative estimate of drug-likeness (QED) is 0.769. The van der Waals surface area contributed by atoms with Gasteiger partial charge in [-0.2, -0.15) is 4.31 Å². The highest BCUT2D eigenvalue weighted by Crippen LogP contribution is 2.15. The number of hydrogen-bond donors (Lipinski definition) is 0. The molecule has 0 aliphatic carbocycles. The minimum atomic E-state index is -3.23. The summed E-state index contributed by atoms with van der Waals surface area (Å²) in [5.41, 5.74) is -0.530. The molecule has 7 heteroatoms. The van der Waals surface area contributed by atoms with E-state index >= 15 is 0 Å². The van der Waals surface area contributed by atoms with Gasteiger partial charge in [-0.25, -0.2) is 13.2 Å². The molecule has 1 heterocycles. The van der Waals surface area contributed by atoms with Gasteiger partial charge in [0.25, 0.3) is 0 Å². The van der Waals surface area contributed by atoms with Crippen LogP contribution in [0.5, 0.6) is 0 Å². The van der Waals surface area contributed by atoms with Gasteiger partial charge in [0.15, 0.2) is 0 Å². The molecule has 1 saturated heterocycles. The molecule has 6 nitrogen and oxygen atoms in total. The first-order chi connectivity index (χ1) is 8.54. The van der Waals surface area contributed by atoms with Crippen LogP contribution in [0.2, 0.25) is 0 Å². The molecule has 112 valence electrons. The van der Waals surface area contributed by atoms with Crippen molar-refractivity contribution in [3.05, 3.63) is 0 Å². The Morgan fingerprint density at radius 2 is 1.58 bits per heavy atom. The van der Waals surface area contributed by atoms with Crippen LogP contribution in [0.4, 0.5) is 4.79 Å². The van der Waals surface area contributed by atoms with Gasteiger partial charge in [-0.05, 0) is 34.6 Å². The van der Waals surface area contributed by atoms with Crippen LogP contribution in [0, 0.1) is 0 Å². The largest absolute Gasteiger partial charge is 0.444 e. The predicted molar refractivity (Wildman–Crippen MR) is 73.4 cm³/mol. The van der Waals surface area contributed by atoms with Gasteiger partial charge >= 0.3 is 6.09 Å². The molecule has 1 aliphatic rings. The molecule has 0 aromatic rings. The van der Waals surface area contributed by atoms with E-state index in [1.807, 2.05) is 20.8 Å². The summed E-state index contributed by atoms with van der Waals surface area (Å²) in [5.74, 6) is 0. The number of sulfonamides is 1. The monoisotopic (exact) mass is 292 g/mol. The lowest BCUT2D eigenvalue weighted by molar-refractivity contribution is 0.0192. The normalized spacial score (nSPS) is 18.7. The fourth-order valence-electron chi connectivity index (χ4n) is 1.75. The van der Waals surface area contributed by atoms with E-state index < -0.39 is 20.9 Å². The van der Waals surface area contributed by atoms with Crippen molar-refractivity contribution >= 4 is 16.1 Å². The number of rotatable bonds is 2. The zero-order chi connectivity index (χ0) is 14.8. The second kappa shape index (κ2) is 5.66. The fourth-order valence-corrected chi connectivity index (χ4v) is 3.02. The maximum Gasteiger partial charge on any atom is 0.410 e. The number of ether oxygens (including phenoxy) is 1. The fraction of sp³-hybridized carbons (Fsp3) is 0.917. The number of carbonyl (C=O) groups is 1. The summed E-state index contributed by atoms with van der Waals surface area (Å²) in [6.07, 6.45) is -0.380. The molecule has 0 aromatic heterocycles. The first-order valence-corrected chi connectivity index (χ1v) is 8.01. The minimum Gasteiger partial charge on any atom is -0.444 e. The predicted octanol–water partition coefficient (Wildman–Crippen LogP) is 1.28. The van der Waals surface area contributed by atoms with Crippen LogP contribution in [0.3, 0.4) is 0 Å². The van der Waals surface area contributed by atoms with Crippen LogP contribution in [-0.2, 0) is 14.8 Å². The molecule has 0 atom stereocenters. The second-order valence-electron chi connectivity index (χ2n) is 5.96. The first-order valence-electron chi connectivity index (χ1n) is 6.51. The average Bonchev–Trinajstić information content (AvgIpc) is 2.26. The van der Waals surface area contributed by atoms with Gasteiger partial charge in [-0.1, -0.05) is 0 Å². The van der Waals surface area contributed by atoms with Crippen molar-refractivity contribution in [1.82, 2.24) is 9.21 Å². The zero-order valence-corrected chi connectivity index (χ0v) is 13.2. The first kappa shape index (κ1) is 16.2. The van der Waals surface area contributed by atoms with E-state index in [-0.39, 0.29) is 6.09 Å². The van der Waals surface area contributed by atoms with E-state index in [2.05, 4.69) is 0 Å². The average molecular weight is 292 g/mol. The highest BCUT2D eigenvalue weighted by molar-refractivity contribution is 7.89. The summed E-state index contributed by atoms with van der Waals surface area (Å²) in [6.45, 7) is 10.2. The Hall–Kier alpha value is -0.820. The summed E-state index contributed by atoms with van der Waals surface area (Å²) < 4.78 is 30.7. The molecule has 0 unspecified atom stereocenters. The van der Waals surface area contributed by atoms with E-state index in [1.54, 1.807) is 18.7 Å². The van der Waals surface area contributed by atoms with Crippen molar-refractivity contribution in [2.24, 2.45) is 0 Å². The summed E-state index contributed by atoms with van der Waals surface area (Å²) in [6, 6.07) is 0. The standard InChI is InChI=1S/C12H24N2O4S/c1-10(2)19(16,17)14-8-6-13(7-9-14)11(15)18-12(3,4)5/h10H,6-9H2,1-5H3. The van der Waals surface area contributed by atoms with Crippen molar-refractivity contribution in [2.45, 2.75) is 45.5 Å². The summed E-state index contributed by atoms with van der Waals surface area (Å²) >= 11 is 0. The van der Waals surface area contributed by atoms with Crippen LogP contribution >= 0.6 is 0 Å². The summed E-state index contributed by atoms with van der Waals surface area (Å²) in [4.78, 5) is 13.4. The second-order valence-corrected chi connectivity index (χ2v) is 8.45. The van der Waals surface area contributed by atoms with Crippen LogP contribution in [-0.4, -0.2) is 60.7 Å². The number of carbonyl (C=O) groups excluding carboxylic acids is 1. The molecule has 0 radical (unpaired) electrons. The lowest BCUT2D eigenvalue weighted by Crippen LogP contribution is -2.52. The van der Waals surface area contributed by atoms with Crippen LogP contribution in [0.25, 0.3) is 0 Å². The van der Waals surface area contributed by atoms with E-state index in [0.717, 1.165) is 0 Å². The number of piperazine rings is 1. The van der Waals surface area contributed by atoms with Crippen LogP contribution in [0.15, 0.2) is 0 Å². The molecule has 1 aliphatic heterocycles. The Morgan fingerprint density at radius 3 is 1.95 bits per heavy atom. The summed E-state index contributed by atoms with van der Waals surface area (Å²) in [7, 11) is -3.23. The molecule has 0 aromatic carbocycles. The van der Waals surface area contributed by atoms with Gasteiger partial charge in [-0.15, -0.1) is 0 Å². The number of amides is 1. The van der Waals surface area contributed by atoms with Gasteiger partial charge in [0.05, 0.1) is 5.25 Å². The van der Waals surface area contributed by atoms with Crippen molar-refractivity contribution in [3.8, 4) is 0 Å². The highest BCUT2D eigenvalue weighted by Gasteiger charge is 2.32. The molecule has 0 spiro atoms. The molecule has 19 heavy (non-hydrogen) atoms. The van der Waals surface area contributed by atoms with E-state index in [1.165, 1.54) is 4.31 Å². The third kappa shape index (κ3) is 4.35. The van der Waals surface area contributed by atoms with Crippen LogP contribution < -0.4 is 0 Å². The van der Waals surface area contributed by atoms with Gasteiger partial charge in [-0.3, -0.25) is 0 Å². The Bertz CT molecular complexity index is 418. The minimum absolute atomic E-state index is 0.333. The Labute approximate surface area is 115 Å². The van der Waals surface area contributed by atoms with Gasteiger partial charge in [0, 0.05) is 26.2 Å². The van der Waals surface area contributed by atoms with Crippen molar-refractivity contribution in [3.63, 3.8) is 0 Å². The molecular weight excluding hydrogens is 268 g/mol. The molecule has 1 fully saturated rings. The third-order valence-electron chi connectivity index (χ3n) is 2.85. The van der Waals surface area contributed by atoms with Gasteiger partial charge < -0.3 is 9.64 Å². The highest BCUT2D eigenvalue weighted by atomic mass is 32.2. The Balaban J connectivity index is 2.57. The molecule has 0 saturated carbocycles. The van der Waals surface area contributed by atoms with E-state index in [9.17, 15) is 13.2 Å². The third-order valence-corrected chi connectivity index (χ3v) is 5.12. The molecule has 0 bridgehead atoms. The van der Waals surface area contributed by atoms with Crippen molar-refractivity contribution in [1.29, 1.82) is 0 Å². The maximum absolute atomic E-state index is 12.0. The lowest BCUT2D eigenvalue weighted by atomic mass is 10.2. The molecule has 1 rings (SSSR count). The lowest BCUT2D eigenvalue weighted by Gasteiger charge is -2.35. The Kier molecular flexibility index (Phi) is 4.84. The maximum atomic E-state index is 12.0. The molecule has 0 N–H and O–H groups in total. The number of nitrogens with zero attached hydrogens (tertiary/aromatic N) is 2. The van der Waals surface area contributed by atoms with E-state index in [0.29, 0.717) is 26.2 Å². The molecular formula is C12H24N2O4S.